The Morgan fingerprint density at radius 1 is 1.15 bits per heavy atom. The molecule has 0 atom stereocenters. The van der Waals surface area contributed by atoms with Crippen LogP contribution < -0.4 is 10.6 Å². The van der Waals surface area contributed by atoms with E-state index in [0.29, 0.717) is 0 Å². The van der Waals surface area contributed by atoms with Crippen LogP contribution in [0.15, 0.2) is 30.3 Å². The summed E-state index contributed by atoms with van der Waals surface area (Å²) in [5, 5.41) is 4.04. The van der Waals surface area contributed by atoms with Gasteiger partial charge in [0, 0.05) is 0 Å². The van der Waals surface area contributed by atoms with E-state index in [1.165, 1.54) is 0 Å². The zero-order chi connectivity index (χ0) is 15.0. The van der Waals surface area contributed by atoms with Crippen molar-refractivity contribution >= 4 is 22.1 Å². The highest BCUT2D eigenvalue weighted by Gasteiger charge is 2.09. The van der Waals surface area contributed by atoms with Gasteiger partial charge in [0.25, 0.3) is 10.1 Å². The lowest BCUT2D eigenvalue weighted by molar-refractivity contribution is -0.119. The van der Waals surface area contributed by atoms with Crippen LogP contribution in [0.4, 0.5) is 4.79 Å². The molecule has 0 aliphatic carbocycles. The van der Waals surface area contributed by atoms with E-state index >= 15 is 0 Å². The number of ether oxygens (including phenoxy) is 1. The Balaban J connectivity index is 2.21. The highest BCUT2D eigenvalue weighted by molar-refractivity contribution is 7.85. The van der Waals surface area contributed by atoms with E-state index in [1.54, 1.807) is 24.3 Å². The first kappa shape index (κ1) is 15.9. The minimum atomic E-state index is -4.28. The lowest BCUT2D eigenvalue weighted by Crippen LogP contribution is -2.39. The van der Waals surface area contributed by atoms with E-state index in [9.17, 15) is 18.0 Å². The summed E-state index contributed by atoms with van der Waals surface area (Å²) in [6.45, 7) is -0.400. The predicted molar refractivity (Wildman–Crippen MR) is 69.2 cm³/mol. The molecule has 110 valence electrons. The number of rotatable bonds is 6. The van der Waals surface area contributed by atoms with Gasteiger partial charge in [-0.05, 0) is 5.56 Å². The summed E-state index contributed by atoms with van der Waals surface area (Å²) in [5.41, 5.74) is 0.790. The zero-order valence-corrected chi connectivity index (χ0v) is 11.2. The molecule has 3 N–H and O–H groups in total. The van der Waals surface area contributed by atoms with Gasteiger partial charge in [0.2, 0.25) is 5.91 Å². The van der Waals surface area contributed by atoms with Crippen LogP contribution in [-0.4, -0.2) is 37.4 Å². The maximum atomic E-state index is 11.2. The second-order valence-corrected chi connectivity index (χ2v) is 5.19. The monoisotopic (exact) mass is 302 g/mol. The van der Waals surface area contributed by atoms with E-state index < -0.39 is 34.5 Å². The first-order valence-electron chi connectivity index (χ1n) is 5.53. The van der Waals surface area contributed by atoms with Gasteiger partial charge in [0.15, 0.2) is 0 Å². The van der Waals surface area contributed by atoms with Crippen LogP contribution >= 0.6 is 0 Å². The Bertz CT molecular complexity index is 558. The number of carbonyl (C=O) groups excluding carboxylic acids is 2. The Kier molecular flexibility index (Phi) is 5.94. The van der Waals surface area contributed by atoms with Crippen molar-refractivity contribution in [3.8, 4) is 0 Å². The minimum absolute atomic E-state index is 0.0549. The average Bonchev–Trinajstić information content (AvgIpc) is 2.41. The molecule has 0 radical (unpaired) electrons. The van der Waals surface area contributed by atoms with Crippen LogP contribution in [-0.2, 0) is 26.3 Å². The first-order chi connectivity index (χ1) is 9.37. The Morgan fingerprint density at radius 3 is 2.40 bits per heavy atom. The summed E-state index contributed by atoms with van der Waals surface area (Å²) in [7, 11) is -4.28. The van der Waals surface area contributed by atoms with Crippen LogP contribution in [0.2, 0.25) is 0 Å². The standard InChI is InChI=1S/C11H14N2O6S/c14-10(13-8-20(16,17)18)6-12-11(15)19-7-9-4-2-1-3-5-9/h1-5H,6-8H2,(H,12,15)(H,13,14)(H,16,17,18). The van der Waals surface area contributed by atoms with Crippen LogP contribution in [0.5, 0.6) is 0 Å². The zero-order valence-electron chi connectivity index (χ0n) is 10.4. The topological polar surface area (TPSA) is 122 Å². The Labute approximate surface area is 115 Å². The molecule has 0 saturated heterocycles. The lowest BCUT2D eigenvalue weighted by Gasteiger charge is -2.07. The highest BCUT2D eigenvalue weighted by atomic mass is 32.2. The summed E-state index contributed by atoms with van der Waals surface area (Å²) in [6, 6.07) is 8.94. The summed E-state index contributed by atoms with van der Waals surface area (Å²) < 4.78 is 33.9. The SMILES string of the molecule is O=C(CNC(=O)OCc1ccccc1)NCS(=O)(=O)O. The molecule has 8 nitrogen and oxygen atoms in total. The van der Waals surface area contributed by atoms with Gasteiger partial charge in [-0.1, -0.05) is 30.3 Å². The molecule has 0 aliphatic rings. The van der Waals surface area contributed by atoms with E-state index in [2.05, 4.69) is 5.32 Å². The second kappa shape index (κ2) is 7.46. The van der Waals surface area contributed by atoms with Crippen molar-refractivity contribution in [2.24, 2.45) is 0 Å². The van der Waals surface area contributed by atoms with Gasteiger partial charge in [-0.15, -0.1) is 0 Å². The van der Waals surface area contributed by atoms with Gasteiger partial charge in [-0.2, -0.15) is 8.42 Å². The molecule has 0 bridgehead atoms. The van der Waals surface area contributed by atoms with Gasteiger partial charge < -0.3 is 15.4 Å². The molecule has 1 aromatic carbocycles. The molecule has 0 aromatic heterocycles. The largest absolute Gasteiger partial charge is 0.445 e. The van der Waals surface area contributed by atoms with Crippen molar-refractivity contribution in [3.05, 3.63) is 35.9 Å². The molecule has 0 heterocycles. The van der Waals surface area contributed by atoms with Crippen LogP contribution in [0.25, 0.3) is 0 Å². The van der Waals surface area contributed by atoms with Crippen molar-refractivity contribution in [3.63, 3.8) is 0 Å². The summed E-state index contributed by atoms with van der Waals surface area (Å²) in [5.74, 6) is -1.67. The molecule has 0 spiro atoms. The molecule has 2 amide bonds. The number of benzene rings is 1. The molecule has 0 unspecified atom stereocenters. The number of nitrogens with one attached hydrogen (secondary N) is 2. The lowest BCUT2D eigenvalue weighted by atomic mass is 10.2. The van der Waals surface area contributed by atoms with E-state index in [4.69, 9.17) is 9.29 Å². The van der Waals surface area contributed by atoms with E-state index in [1.807, 2.05) is 11.4 Å². The smallest absolute Gasteiger partial charge is 0.407 e. The quantitative estimate of drug-likeness (QED) is 0.629. The fraction of sp³-hybridized carbons (Fsp3) is 0.273. The third-order valence-electron chi connectivity index (χ3n) is 2.06. The fourth-order valence-corrected chi connectivity index (χ4v) is 1.50. The molecule has 0 saturated carbocycles. The normalized spacial score (nSPS) is 10.7. The van der Waals surface area contributed by atoms with Gasteiger partial charge in [0.05, 0.1) is 0 Å². The third kappa shape index (κ3) is 7.34. The molecule has 1 rings (SSSR count). The highest BCUT2D eigenvalue weighted by Crippen LogP contribution is 2.00. The van der Waals surface area contributed by atoms with Gasteiger partial charge >= 0.3 is 6.09 Å². The number of hydrogen-bond acceptors (Lipinski definition) is 5. The predicted octanol–water partition coefficient (Wildman–Crippen LogP) is -0.126. The van der Waals surface area contributed by atoms with Crippen molar-refractivity contribution in [2.75, 3.05) is 12.4 Å². The number of amides is 2. The average molecular weight is 302 g/mol. The molecule has 0 fully saturated rings. The second-order valence-electron chi connectivity index (χ2n) is 3.74. The van der Waals surface area contributed by atoms with Crippen LogP contribution in [0, 0.1) is 0 Å². The maximum Gasteiger partial charge on any atom is 0.407 e. The molecule has 1 aromatic rings. The number of hydrogen-bond donors (Lipinski definition) is 3. The first-order valence-corrected chi connectivity index (χ1v) is 7.14. The van der Waals surface area contributed by atoms with Crippen molar-refractivity contribution in [1.82, 2.24) is 10.6 Å². The summed E-state index contributed by atoms with van der Waals surface area (Å²) in [6.07, 6.45) is -0.809. The van der Waals surface area contributed by atoms with Crippen LogP contribution in [0.3, 0.4) is 0 Å². The molecule has 20 heavy (non-hydrogen) atoms. The van der Waals surface area contributed by atoms with Gasteiger partial charge in [0.1, 0.15) is 19.0 Å². The molecular weight excluding hydrogens is 288 g/mol. The minimum Gasteiger partial charge on any atom is -0.445 e. The van der Waals surface area contributed by atoms with E-state index in [-0.39, 0.29) is 6.61 Å². The number of carbonyl (C=O) groups is 2. The van der Waals surface area contributed by atoms with E-state index in [0.717, 1.165) is 5.56 Å². The summed E-state index contributed by atoms with van der Waals surface area (Å²) in [4.78, 5) is 22.4. The Morgan fingerprint density at radius 2 is 1.80 bits per heavy atom. The number of alkyl carbamates (subject to hydrolysis) is 1. The Hall–Kier alpha value is -2.13. The van der Waals surface area contributed by atoms with Crippen molar-refractivity contribution < 1.29 is 27.3 Å². The van der Waals surface area contributed by atoms with Crippen molar-refractivity contribution in [1.29, 1.82) is 0 Å². The maximum absolute atomic E-state index is 11.2. The molecular formula is C11H14N2O6S. The van der Waals surface area contributed by atoms with Crippen LogP contribution in [0.1, 0.15) is 5.56 Å². The van der Waals surface area contributed by atoms with Gasteiger partial charge in [-0.3, -0.25) is 9.35 Å². The van der Waals surface area contributed by atoms with Gasteiger partial charge in [-0.25, -0.2) is 4.79 Å². The van der Waals surface area contributed by atoms with Crippen molar-refractivity contribution in [2.45, 2.75) is 6.61 Å². The third-order valence-corrected chi connectivity index (χ3v) is 2.57. The summed E-state index contributed by atoms with van der Waals surface area (Å²) >= 11 is 0. The fourth-order valence-electron chi connectivity index (χ4n) is 1.16. The molecule has 0 aliphatic heterocycles. The molecule has 9 heteroatoms.